The average molecular weight is 278 g/mol. The van der Waals surface area contributed by atoms with E-state index in [1.165, 1.54) is 0 Å². The quantitative estimate of drug-likeness (QED) is 0.812. The van der Waals surface area contributed by atoms with E-state index in [-0.39, 0.29) is 18.1 Å². The zero-order valence-corrected chi connectivity index (χ0v) is 11.8. The van der Waals surface area contributed by atoms with Crippen molar-refractivity contribution in [1.82, 2.24) is 5.32 Å². The first-order chi connectivity index (χ1) is 9.74. The second-order valence-electron chi connectivity index (χ2n) is 4.98. The molecule has 0 aromatic heterocycles. The molecule has 2 atom stereocenters. The molecule has 1 aliphatic heterocycles. The van der Waals surface area contributed by atoms with Crippen LogP contribution in [-0.2, 0) is 27.4 Å². The first kappa shape index (κ1) is 15.0. The lowest BCUT2D eigenvalue weighted by Crippen LogP contribution is -2.35. The number of hydrogen-bond acceptors (Lipinski definition) is 4. The van der Waals surface area contributed by atoms with Crippen LogP contribution in [0.2, 0.25) is 0 Å². The van der Waals surface area contributed by atoms with Crippen LogP contribution in [0.25, 0.3) is 0 Å². The van der Waals surface area contributed by atoms with E-state index in [1.54, 1.807) is 7.11 Å². The molecule has 1 amide bonds. The number of carbonyl (C=O) groups is 1. The van der Waals surface area contributed by atoms with E-state index in [4.69, 9.17) is 15.2 Å². The summed E-state index contributed by atoms with van der Waals surface area (Å²) in [6, 6.07) is 7.91. The first-order valence-corrected chi connectivity index (χ1v) is 6.93. The highest BCUT2D eigenvalue weighted by molar-refractivity contribution is 5.81. The van der Waals surface area contributed by atoms with E-state index in [0.29, 0.717) is 19.7 Å². The Bertz CT molecular complexity index is 450. The highest BCUT2D eigenvalue weighted by atomic mass is 16.5. The fraction of sp³-hybridized carbons (Fsp3) is 0.533. The summed E-state index contributed by atoms with van der Waals surface area (Å²) >= 11 is 0. The normalized spacial score (nSPS) is 21.9. The van der Waals surface area contributed by atoms with Crippen molar-refractivity contribution in [2.24, 2.45) is 5.73 Å². The van der Waals surface area contributed by atoms with E-state index >= 15 is 0 Å². The van der Waals surface area contributed by atoms with Crippen LogP contribution in [-0.4, -0.2) is 31.8 Å². The summed E-state index contributed by atoms with van der Waals surface area (Å²) in [5, 5.41) is 2.92. The van der Waals surface area contributed by atoms with Gasteiger partial charge in [0.2, 0.25) is 5.91 Å². The number of rotatable bonds is 6. The minimum absolute atomic E-state index is 0.0199. The van der Waals surface area contributed by atoms with Gasteiger partial charge in [-0.2, -0.15) is 0 Å². The average Bonchev–Trinajstić information content (AvgIpc) is 2.95. The largest absolute Gasteiger partial charge is 0.380 e. The van der Waals surface area contributed by atoms with Crippen LogP contribution in [0.5, 0.6) is 0 Å². The molecule has 0 bridgehead atoms. The van der Waals surface area contributed by atoms with E-state index in [9.17, 15) is 4.79 Å². The lowest BCUT2D eigenvalue weighted by atomic mass is 10.1. The van der Waals surface area contributed by atoms with Gasteiger partial charge in [0, 0.05) is 20.2 Å². The summed E-state index contributed by atoms with van der Waals surface area (Å²) in [5.74, 6) is -0.0619. The van der Waals surface area contributed by atoms with Crippen molar-refractivity contribution in [3.63, 3.8) is 0 Å². The molecule has 0 aliphatic carbocycles. The highest BCUT2D eigenvalue weighted by Crippen LogP contribution is 2.19. The number of nitrogens with one attached hydrogen (secondary N) is 1. The number of ether oxygens (including phenoxy) is 2. The van der Waals surface area contributed by atoms with Gasteiger partial charge < -0.3 is 20.5 Å². The third kappa shape index (κ3) is 3.79. The molecule has 5 heteroatoms. The van der Waals surface area contributed by atoms with E-state index < -0.39 is 0 Å². The Balaban J connectivity index is 1.87. The molecule has 1 fully saturated rings. The minimum atomic E-state index is -0.363. The molecular weight excluding hydrogens is 256 g/mol. The van der Waals surface area contributed by atoms with Gasteiger partial charge in [-0.25, -0.2) is 0 Å². The van der Waals surface area contributed by atoms with Crippen LogP contribution in [0.4, 0.5) is 0 Å². The number of carbonyl (C=O) groups excluding carboxylic acids is 1. The van der Waals surface area contributed by atoms with E-state index in [2.05, 4.69) is 5.32 Å². The van der Waals surface area contributed by atoms with Crippen LogP contribution in [0.15, 0.2) is 24.3 Å². The minimum Gasteiger partial charge on any atom is -0.380 e. The first-order valence-electron chi connectivity index (χ1n) is 6.93. The maximum Gasteiger partial charge on any atom is 0.249 e. The van der Waals surface area contributed by atoms with Crippen molar-refractivity contribution in [3.05, 3.63) is 35.4 Å². The monoisotopic (exact) mass is 278 g/mol. The Morgan fingerprint density at radius 2 is 2.15 bits per heavy atom. The van der Waals surface area contributed by atoms with Gasteiger partial charge in [0.1, 0.15) is 6.10 Å². The number of hydrogen-bond donors (Lipinski definition) is 2. The Kier molecular flexibility index (Phi) is 5.52. The van der Waals surface area contributed by atoms with E-state index in [1.807, 2.05) is 24.3 Å². The topological polar surface area (TPSA) is 73.6 Å². The standard InChI is InChI=1S/C15H22N2O3/c1-19-10-12-5-3-2-4-11(12)9-17-15(18)14-7-6-13(8-16)20-14/h2-5,13-14H,6-10,16H2,1H3,(H,17,18). The van der Waals surface area contributed by atoms with E-state index in [0.717, 1.165) is 24.0 Å². The fourth-order valence-corrected chi connectivity index (χ4v) is 2.39. The maximum atomic E-state index is 12.0. The van der Waals surface area contributed by atoms with Crippen LogP contribution in [0.3, 0.4) is 0 Å². The number of amides is 1. The zero-order valence-electron chi connectivity index (χ0n) is 11.8. The lowest BCUT2D eigenvalue weighted by Gasteiger charge is -2.14. The molecule has 0 saturated carbocycles. The lowest BCUT2D eigenvalue weighted by molar-refractivity contribution is -0.132. The number of benzene rings is 1. The summed E-state index contributed by atoms with van der Waals surface area (Å²) in [6.07, 6.45) is 1.26. The van der Waals surface area contributed by atoms with Crippen molar-refractivity contribution < 1.29 is 14.3 Å². The Morgan fingerprint density at radius 1 is 1.40 bits per heavy atom. The summed E-state index contributed by atoms with van der Waals surface area (Å²) in [5.41, 5.74) is 7.70. The molecule has 1 saturated heterocycles. The van der Waals surface area contributed by atoms with Crippen molar-refractivity contribution in [2.75, 3.05) is 13.7 Å². The smallest absolute Gasteiger partial charge is 0.249 e. The predicted molar refractivity (Wildman–Crippen MR) is 76.0 cm³/mol. The molecular formula is C15H22N2O3. The number of methoxy groups -OCH3 is 1. The molecule has 20 heavy (non-hydrogen) atoms. The van der Waals surface area contributed by atoms with Gasteiger partial charge in [-0.05, 0) is 24.0 Å². The molecule has 0 spiro atoms. The van der Waals surface area contributed by atoms with Crippen LogP contribution in [0, 0.1) is 0 Å². The summed E-state index contributed by atoms with van der Waals surface area (Å²) in [7, 11) is 1.66. The van der Waals surface area contributed by atoms with Gasteiger partial charge in [0.25, 0.3) is 0 Å². The van der Waals surface area contributed by atoms with Crippen molar-refractivity contribution in [1.29, 1.82) is 0 Å². The molecule has 110 valence electrons. The van der Waals surface area contributed by atoms with Gasteiger partial charge in [0.05, 0.1) is 12.7 Å². The summed E-state index contributed by atoms with van der Waals surface area (Å²) in [6.45, 7) is 1.51. The molecule has 1 aliphatic rings. The van der Waals surface area contributed by atoms with Gasteiger partial charge in [-0.15, -0.1) is 0 Å². The second-order valence-corrected chi connectivity index (χ2v) is 4.98. The fourth-order valence-electron chi connectivity index (χ4n) is 2.39. The van der Waals surface area contributed by atoms with Gasteiger partial charge in [0.15, 0.2) is 0 Å². The Hall–Kier alpha value is -1.43. The predicted octanol–water partition coefficient (Wildman–Crippen LogP) is 0.956. The molecule has 2 unspecified atom stereocenters. The number of nitrogens with two attached hydrogens (primary N) is 1. The third-order valence-electron chi connectivity index (χ3n) is 3.53. The van der Waals surface area contributed by atoms with Crippen molar-refractivity contribution >= 4 is 5.91 Å². The zero-order chi connectivity index (χ0) is 14.4. The molecule has 2 rings (SSSR count). The molecule has 1 heterocycles. The van der Waals surface area contributed by atoms with Crippen LogP contribution < -0.4 is 11.1 Å². The third-order valence-corrected chi connectivity index (χ3v) is 3.53. The summed E-state index contributed by atoms with van der Waals surface area (Å²) < 4.78 is 10.7. The van der Waals surface area contributed by atoms with Crippen molar-refractivity contribution in [3.8, 4) is 0 Å². The Morgan fingerprint density at radius 3 is 2.80 bits per heavy atom. The van der Waals surface area contributed by atoms with Crippen LogP contribution in [0.1, 0.15) is 24.0 Å². The molecule has 0 radical (unpaired) electrons. The van der Waals surface area contributed by atoms with Gasteiger partial charge >= 0.3 is 0 Å². The van der Waals surface area contributed by atoms with Crippen molar-refractivity contribution in [2.45, 2.75) is 38.2 Å². The van der Waals surface area contributed by atoms with Gasteiger partial charge in [-0.1, -0.05) is 24.3 Å². The second kappa shape index (κ2) is 7.38. The highest BCUT2D eigenvalue weighted by Gasteiger charge is 2.29. The molecule has 3 N–H and O–H groups in total. The molecule has 1 aromatic rings. The molecule has 1 aromatic carbocycles. The molecule has 5 nitrogen and oxygen atoms in total. The maximum absolute atomic E-state index is 12.0. The SMILES string of the molecule is COCc1ccccc1CNC(=O)C1CCC(CN)O1. The Labute approximate surface area is 119 Å². The van der Waals surface area contributed by atoms with Crippen LogP contribution >= 0.6 is 0 Å². The van der Waals surface area contributed by atoms with Gasteiger partial charge in [-0.3, -0.25) is 4.79 Å². The summed E-state index contributed by atoms with van der Waals surface area (Å²) in [4.78, 5) is 12.0.